The molecule has 0 radical (unpaired) electrons. The van der Waals surface area contributed by atoms with Crippen molar-refractivity contribution in [3.8, 4) is 0 Å². The summed E-state index contributed by atoms with van der Waals surface area (Å²) in [6.45, 7) is -0.566. The molecule has 1 aliphatic heterocycles. The van der Waals surface area contributed by atoms with E-state index < -0.39 is 18.6 Å². The van der Waals surface area contributed by atoms with Gasteiger partial charge in [0.2, 0.25) is 5.91 Å². The fraction of sp³-hybridized carbons (Fsp3) is 0.200. The van der Waals surface area contributed by atoms with Crippen molar-refractivity contribution in [3.63, 3.8) is 0 Å². The molecule has 1 fully saturated rings. The highest BCUT2D eigenvalue weighted by molar-refractivity contribution is 6.00. The number of halogens is 1. The highest BCUT2D eigenvalue weighted by Crippen LogP contribution is 2.16. The number of anilines is 1. The molecule has 2 N–H and O–H groups in total. The van der Waals surface area contributed by atoms with Gasteiger partial charge in [0.05, 0.1) is 5.69 Å². The summed E-state index contributed by atoms with van der Waals surface area (Å²) in [7, 11) is 0. The molecule has 1 aliphatic rings. The Balaban J connectivity index is 2.22. The van der Waals surface area contributed by atoms with Gasteiger partial charge in [-0.2, -0.15) is 0 Å². The zero-order valence-electron chi connectivity index (χ0n) is 8.37. The standard InChI is InChI=1S/C10H10FN3O2/c11-5-7-2-1-3-8(4-7)14-6-9(15)12-10(16)13-14/h1-4H,5-6H2,(H2,12,13,15,16). The SMILES string of the molecule is O=C1CN(c2cccc(CF)c2)NC(=O)N1. The van der Waals surface area contributed by atoms with Crippen LogP contribution < -0.4 is 15.8 Å². The topological polar surface area (TPSA) is 61.4 Å². The molecule has 2 rings (SSSR count). The Bertz CT molecular complexity index is 420. The van der Waals surface area contributed by atoms with E-state index >= 15 is 0 Å². The second kappa shape index (κ2) is 4.18. The molecule has 1 aromatic rings. The number of rotatable bonds is 2. The molecule has 1 heterocycles. The van der Waals surface area contributed by atoms with Crippen molar-refractivity contribution in [3.05, 3.63) is 29.8 Å². The van der Waals surface area contributed by atoms with Crippen LogP contribution in [-0.4, -0.2) is 18.5 Å². The van der Waals surface area contributed by atoms with Crippen molar-refractivity contribution < 1.29 is 14.0 Å². The van der Waals surface area contributed by atoms with E-state index in [0.717, 1.165) is 0 Å². The Labute approximate surface area is 91.2 Å². The Kier molecular flexibility index (Phi) is 2.72. The van der Waals surface area contributed by atoms with Gasteiger partial charge >= 0.3 is 6.03 Å². The van der Waals surface area contributed by atoms with Crippen LogP contribution in [-0.2, 0) is 11.5 Å². The Hall–Kier alpha value is -2.11. The van der Waals surface area contributed by atoms with Gasteiger partial charge < -0.3 is 0 Å². The summed E-state index contributed by atoms with van der Waals surface area (Å²) >= 11 is 0. The summed E-state index contributed by atoms with van der Waals surface area (Å²) in [6.07, 6.45) is 0. The molecule has 0 aromatic heterocycles. The average molecular weight is 223 g/mol. The van der Waals surface area contributed by atoms with Crippen LogP contribution in [0.5, 0.6) is 0 Å². The van der Waals surface area contributed by atoms with Gasteiger partial charge in [-0.05, 0) is 17.7 Å². The lowest BCUT2D eigenvalue weighted by Gasteiger charge is -2.28. The third-order valence-corrected chi connectivity index (χ3v) is 2.17. The first-order valence-electron chi connectivity index (χ1n) is 4.72. The summed E-state index contributed by atoms with van der Waals surface area (Å²) < 4.78 is 12.4. The minimum absolute atomic E-state index is 0.0154. The quantitative estimate of drug-likeness (QED) is 0.776. The predicted octanol–water partition coefficient (Wildman–Crippen LogP) is 0.717. The minimum atomic E-state index is -0.582. The van der Waals surface area contributed by atoms with Gasteiger partial charge in [-0.3, -0.25) is 15.1 Å². The van der Waals surface area contributed by atoms with Crippen LogP contribution >= 0.6 is 0 Å². The zero-order chi connectivity index (χ0) is 11.5. The number of amides is 3. The summed E-state index contributed by atoms with van der Waals surface area (Å²) in [6, 6.07) is 6.00. The van der Waals surface area contributed by atoms with Crippen LogP contribution in [0.3, 0.4) is 0 Å². The average Bonchev–Trinajstić information content (AvgIpc) is 2.28. The van der Waals surface area contributed by atoms with Crippen LogP contribution in [0, 0.1) is 0 Å². The summed E-state index contributed by atoms with van der Waals surface area (Å²) in [5.41, 5.74) is 3.53. The van der Waals surface area contributed by atoms with Gasteiger partial charge in [-0.25, -0.2) is 14.6 Å². The molecule has 3 amide bonds. The summed E-state index contributed by atoms with van der Waals surface area (Å²) in [5.74, 6) is -0.394. The first kappa shape index (κ1) is 10.4. The number of nitrogens with zero attached hydrogens (tertiary/aromatic N) is 1. The van der Waals surface area contributed by atoms with E-state index in [2.05, 4.69) is 10.7 Å². The second-order valence-electron chi connectivity index (χ2n) is 3.38. The van der Waals surface area contributed by atoms with Gasteiger partial charge in [-0.15, -0.1) is 0 Å². The smallest absolute Gasteiger partial charge is 0.275 e. The van der Waals surface area contributed by atoms with E-state index in [1.807, 2.05) is 0 Å². The number of hydrazine groups is 1. The zero-order valence-corrected chi connectivity index (χ0v) is 8.37. The van der Waals surface area contributed by atoms with Crippen molar-refractivity contribution in [1.82, 2.24) is 10.7 Å². The molecule has 84 valence electrons. The van der Waals surface area contributed by atoms with Gasteiger partial charge in [0.15, 0.2) is 0 Å². The van der Waals surface area contributed by atoms with Crippen LogP contribution in [0.1, 0.15) is 5.56 Å². The van der Waals surface area contributed by atoms with Crippen molar-refractivity contribution in [1.29, 1.82) is 0 Å². The molecular weight excluding hydrogens is 213 g/mol. The molecule has 0 bridgehead atoms. The number of benzene rings is 1. The Morgan fingerprint density at radius 3 is 2.88 bits per heavy atom. The van der Waals surface area contributed by atoms with Crippen LogP contribution in [0.15, 0.2) is 24.3 Å². The minimum Gasteiger partial charge on any atom is -0.275 e. The normalized spacial score (nSPS) is 15.7. The van der Waals surface area contributed by atoms with E-state index in [1.54, 1.807) is 24.3 Å². The molecule has 0 spiro atoms. The molecule has 0 unspecified atom stereocenters. The van der Waals surface area contributed by atoms with E-state index in [9.17, 15) is 14.0 Å². The van der Waals surface area contributed by atoms with E-state index in [4.69, 9.17) is 0 Å². The van der Waals surface area contributed by atoms with Crippen molar-refractivity contribution in [2.24, 2.45) is 0 Å². The lowest BCUT2D eigenvalue weighted by molar-refractivity contribution is -0.119. The predicted molar refractivity (Wildman–Crippen MR) is 55.3 cm³/mol. The molecule has 0 aliphatic carbocycles. The molecule has 16 heavy (non-hydrogen) atoms. The van der Waals surface area contributed by atoms with Crippen molar-refractivity contribution in [2.75, 3.05) is 11.6 Å². The fourth-order valence-corrected chi connectivity index (χ4v) is 1.46. The van der Waals surface area contributed by atoms with Crippen LogP contribution in [0.2, 0.25) is 0 Å². The number of carbonyl (C=O) groups is 2. The maximum atomic E-state index is 12.4. The monoisotopic (exact) mass is 223 g/mol. The number of imide groups is 1. The number of nitrogens with one attached hydrogen (secondary N) is 2. The number of carbonyl (C=O) groups excluding carboxylic acids is 2. The summed E-state index contributed by atoms with van der Waals surface area (Å²) in [4.78, 5) is 22.2. The molecule has 1 saturated heterocycles. The highest BCUT2D eigenvalue weighted by Gasteiger charge is 2.21. The van der Waals surface area contributed by atoms with E-state index in [-0.39, 0.29) is 6.54 Å². The maximum absolute atomic E-state index is 12.4. The highest BCUT2D eigenvalue weighted by atomic mass is 19.1. The van der Waals surface area contributed by atoms with Crippen molar-refractivity contribution in [2.45, 2.75) is 6.67 Å². The van der Waals surface area contributed by atoms with Gasteiger partial charge in [-0.1, -0.05) is 12.1 Å². The molecule has 0 saturated carbocycles. The molecule has 1 aromatic carbocycles. The second-order valence-corrected chi connectivity index (χ2v) is 3.38. The maximum Gasteiger partial charge on any atom is 0.340 e. The number of hydrogen-bond acceptors (Lipinski definition) is 3. The Morgan fingerprint density at radius 1 is 1.38 bits per heavy atom. The van der Waals surface area contributed by atoms with Gasteiger partial charge in [0.25, 0.3) is 0 Å². The fourth-order valence-electron chi connectivity index (χ4n) is 1.46. The molecular formula is C10H10FN3O2. The molecule has 5 nitrogen and oxygen atoms in total. The van der Waals surface area contributed by atoms with Crippen LogP contribution in [0.25, 0.3) is 0 Å². The molecule has 6 heteroatoms. The Morgan fingerprint density at radius 2 is 2.19 bits per heavy atom. The van der Waals surface area contributed by atoms with E-state index in [0.29, 0.717) is 11.3 Å². The largest absolute Gasteiger partial charge is 0.340 e. The first-order chi connectivity index (χ1) is 7.69. The van der Waals surface area contributed by atoms with Gasteiger partial charge in [0, 0.05) is 0 Å². The molecule has 0 atom stereocenters. The van der Waals surface area contributed by atoms with E-state index in [1.165, 1.54) is 5.01 Å². The van der Waals surface area contributed by atoms with Gasteiger partial charge in [0.1, 0.15) is 13.2 Å². The number of hydrogen-bond donors (Lipinski definition) is 2. The third-order valence-electron chi connectivity index (χ3n) is 2.17. The van der Waals surface area contributed by atoms with Crippen molar-refractivity contribution >= 4 is 17.6 Å². The van der Waals surface area contributed by atoms with Crippen LogP contribution in [0.4, 0.5) is 14.9 Å². The first-order valence-corrected chi connectivity index (χ1v) is 4.72. The number of alkyl halides is 1. The third kappa shape index (κ3) is 2.10. The number of urea groups is 1. The lowest BCUT2D eigenvalue weighted by Crippen LogP contribution is -2.59. The summed E-state index contributed by atoms with van der Waals surface area (Å²) in [5, 5.41) is 3.48. The lowest BCUT2D eigenvalue weighted by atomic mass is 10.2.